The van der Waals surface area contributed by atoms with Crippen LogP contribution < -0.4 is 5.73 Å². The van der Waals surface area contributed by atoms with E-state index in [0.717, 1.165) is 22.5 Å². The number of nitrogens with zero attached hydrogens (tertiary/aromatic N) is 4. The monoisotopic (exact) mass is 359 g/mol. The molecule has 0 saturated carbocycles. The molecule has 0 aliphatic rings. The summed E-state index contributed by atoms with van der Waals surface area (Å²) in [4.78, 5) is 8.63. The first kappa shape index (κ1) is 16.8. The summed E-state index contributed by atoms with van der Waals surface area (Å²) in [6.07, 6.45) is 0. The Balaban J connectivity index is 1.76. The number of hydrogen-bond donors (Lipinski definition) is 1. The van der Waals surface area contributed by atoms with Crippen LogP contribution in [0.2, 0.25) is 5.15 Å². The lowest BCUT2D eigenvalue weighted by Crippen LogP contribution is -2.01. The Labute approximate surface area is 150 Å². The van der Waals surface area contributed by atoms with Crippen molar-refractivity contribution in [1.29, 1.82) is 0 Å². The molecule has 0 unspecified atom stereocenters. The maximum Gasteiger partial charge on any atom is 0.190 e. The molecule has 5 nitrogen and oxygen atoms in total. The molecular weight excluding hydrogens is 342 g/mol. The van der Waals surface area contributed by atoms with Gasteiger partial charge in [0.25, 0.3) is 0 Å². The Bertz CT molecular complexity index is 827. The van der Waals surface area contributed by atoms with Gasteiger partial charge in [-0.3, -0.25) is 0 Å². The Kier molecular flexibility index (Phi) is 5.06. The largest absolute Gasteiger partial charge is 0.384 e. The normalized spacial score (nSPS) is 11.0. The van der Waals surface area contributed by atoms with E-state index >= 15 is 0 Å². The Morgan fingerprint density at radius 3 is 2.62 bits per heavy atom. The predicted molar refractivity (Wildman–Crippen MR) is 98.3 cm³/mol. The minimum Gasteiger partial charge on any atom is -0.384 e. The number of nitrogen functional groups attached to an aromatic ring is 1. The minimum atomic E-state index is 0.479. The van der Waals surface area contributed by atoms with Crippen LogP contribution in [-0.2, 0) is 12.3 Å². The Hall–Kier alpha value is -2.05. The molecule has 0 radical (unpaired) electrons. The minimum absolute atomic E-state index is 0.479. The van der Waals surface area contributed by atoms with Crippen LogP contribution in [0.3, 0.4) is 0 Å². The van der Waals surface area contributed by atoms with Crippen LogP contribution in [0.25, 0.3) is 0 Å². The second-order valence-electron chi connectivity index (χ2n) is 5.50. The molecule has 124 valence electrons. The van der Waals surface area contributed by atoms with E-state index in [4.69, 9.17) is 17.3 Å². The van der Waals surface area contributed by atoms with Crippen LogP contribution in [0.15, 0.2) is 41.6 Å². The molecule has 0 fully saturated rings. The van der Waals surface area contributed by atoms with Crippen molar-refractivity contribution in [2.75, 3.05) is 5.73 Å². The van der Waals surface area contributed by atoms with Crippen LogP contribution in [0.5, 0.6) is 0 Å². The lowest BCUT2D eigenvalue weighted by atomic mass is 10.2. The number of benzene rings is 1. The predicted octanol–water partition coefficient (Wildman–Crippen LogP) is 3.87. The summed E-state index contributed by atoms with van der Waals surface area (Å²) in [5, 5.41) is 5.87. The van der Waals surface area contributed by atoms with Crippen LogP contribution in [0, 0.1) is 13.8 Å². The van der Waals surface area contributed by atoms with Gasteiger partial charge >= 0.3 is 0 Å². The summed E-state index contributed by atoms with van der Waals surface area (Å²) in [6.45, 7) is 4.52. The van der Waals surface area contributed by atoms with Crippen molar-refractivity contribution in [1.82, 2.24) is 19.7 Å². The number of aromatic nitrogens is 4. The number of nitrogens with two attached hydrogens (primary N) is 1. The molecule has 0 saturated heterocycles. The van der Waals surface area contributed by atoms with Crippen molar-refractivity contribution in [3.63, 3.8) is 0 Å². The highest BCUT2D eigenvalue weighted by Crippen LogP contribution is 2.28. The van der Waals surface area contributed by atoms with Gasteiger partial charge in [0.05, 0.1) is 12.2 Å². The Morgan fingerprint density at radius 2 is 1.92 bits per heavy atom. The van der Waals surface area contributed by atoms with Gasteiger partial charge in [-0.25, -0.2) is 14.6 Å². The molecule has 7 heteroatoms. The van der Waals surface area contributed by atoms with Gasteiger partial charge in [-0.2, -0.15) is 5.10 Å². The number of rotatable bonds is 5. The molecule has 0 spiro atoms. The molecular formula is C17H18ClN5S. The number of aryl methyl sites for hydroxylation is 2. The summed E-state index contributed by atoms with van der Waals surface area (Å²) in [7, 11) is 0. The van der Waals surface area contributed by atoms with Crippen molar-refractivity contribution >= 4 is 29.2 Å². The van der Waals surface area contributed by atoms with Crippen molar-refractivity contribution in [3.05, 3.63) is 64.1 Å². The topological polar surface area (TPSA) is 69.6 Å². The second-order valence-corrected chi connectivity index (χ2v) is 6.80. The molecule has 3 rings (SSSR count). The number of thioether (sulfide) groups is 1. The molecule has 0 amide bonds. The highest BCUT2D eigenvalue weighted by atomic mass is 35.5. The third-order valence-electron chi connectivity index (χ3n) is 3.56. The van der Waals surface area contributed by atoms with Crippen molar-refractivity contribution in [2.45, 2.75) is 31.3 Å². The summed E-state index contributed by atoms with van der Waals surface area (Å²) >= 11 is 8.04. The number of hydrogen-bond acceptors (Lipinski definition) is 5. The Morgan fingerprint density at radius 1 is 1.17 bits per heavy atom. The number of anilines is 1. The van der Waals surface area contributed by atoms with Crippen LogP contribution in [0.1, 0.15) is 22.5 Å². The highest BCUT2D eigenvalue weighted by molar-refractivity contribution is 7.98. The fourth-order valence-corrected chi connectivity index (χ4v) is 3.76. The van der Waals surface area contributed by atoms with Gasteiger partial charge in [0.15, 0.2) is 5.16 Å². The fraction of sp³-hybridized carbons (Fsp3) is 0.235. The van der Waals surface area contributed by atoms with E-state index in [0.29, 0.717) is 28.4 Å². The summed E-state index contributed by atoms with van der Waals surface area (Å²) < 4.78 is 1.83. The maximum atomic E-state index is 6.53. The lowest BCUT2D eigenvalue weighted by molar-refractivity contribution is 0.680. The lowest BCUT2D eigenvalue weighted by Gasteiger charge is -2.05. The molecule has 0 aliphatic carbocycles. The molecule has 2 heterocycles. The van der Waals surface area contributed by atoms with E-state index in [-0.39, 0.29) is 0 Å². The van der Waals surface area contributed by atoms with Gasteiger partial charge in [0.1, 0.15) is 11.0 Å². The van der Waals surface area contributed by atoms with Gasteiger partial charge in [-0.05, 0) is 19.4 Å². The quantitative estimate of drug-likeness (QED) is 0.553. The van der Waals surface area contributed by atoms with Gasteiger partial charge in [-0.15, -0.1) is 0 Å². The third-order valence-corrected chi connectivity index (χ3v) is 4.85. The molecule has 3 aromatic rings. The molecule has 0 atom stereocenters. The van der Waals surface area contributed by atoms with Gasteiger partial charge < -0.3 is 5.73 Å². The highest BCUT2D eigenvalue weighted by Gasteiger charge is 2.15. The van der Waals surface area contributed by atoms with Crippen molar-refractivity contribution < 1.29 is 0 Å². The fourth-order valence-electron chi connectivity index (χ4n) is 2.38. The van der Waals surface area contributed by atoms with E-state index in [1.54, 1.807) is 6.07 Å². The molecule has 0 aliphatic heterocycles. The molecule has 0 bridgehead atoms. The zero-order valence-electron chi connectivity index (χ0n) is 13.5. The first-order chi connectivity index (χ1) is 11.5. The summed E-state index contributed by atoms with van der Waals surface area (Å²) in [5.74, 6) is 1.13. The van der Waals surface area contributed by atoms with E-state index in [9.17, 15) is 0 Å². The standard InChI is InChI=1S/C17H18ClN5S/c1-11-8-15(19)21-17(20-11)24-10-14-12(2)22-23(16(14)18)9-13-6-4-3-5-7-13/h3-8H,9-10H2,1-2H3,(H2,19,20,21). The third kappa shape index (κ3) is 3.88. The van der Waals surface area contributed by atoms with Gasteiger partial charge in [-0.1, -0.05) is 53.7 Å². The molecule has 2 aromatic heterocycles. The van der Waals surface area contributed by atoms with Crippen molar-refractivity contribution in [3.8, 4) is 0 Å². The van der Waals surface area contributed by atoms with Crippen LogP contribution in [0.4, 0.5) is 5.82 Å². The first-order valence-corrected chi connectivity index (χ1v) is 8.89. The molecule has 1 aromatic carbocycles. The maximum absolute atomic E-state index is 6.53. The van der Waals surface area contributed by atoms with E-state index in [2.05, 4.69) is 27.2 Å². The van der Waals surface area contributed by atoms with Crippen LogP contribution in [-0.4, -0.2) is 19.7 Å². The smallest absolute Gasteiger partial charge is 0.190 e. The number of halogens is 1. The molecule has 24 heavy (non-hydrogen) atoms. The zero-order valence-corrected chi connectivity index (χ0v) is 15.1. The summed E-state index contributed by atoms with van der Waals surface area (Å²) in [6, 6.07) is 11.9. The second kappa shape index (κ2) is 7.23. The van der Waals surface area contributed by atoms with Gasteiger partial charge in [0.2, 0.25) is 0 Å². The van der Waals surface area contributed by atoms with E-state index < -0.39 is 0 Å². The van der Waals surface area contributed by atoms with Gasteiger partial charge in [0, 0.05) is 23.1 Å². The van der Waals surface area contributed by atoms with Crippen LogP contribution >= 0.6 is 23.4 Å². The average molecular weight is 360 g/mol. The van der Waals surface area contributed by atoms with E-state index in [1.807, 2.05) is 36.7 Å². The van der Waals surface area contributed by atoms with E-state index in [1.165, 1.54) is 11.8 Å². The summed E-state index contributed by atoms with van der Waals surface area (Å²) in [5.41, 5.74) is 9.71. The average Bonchev–Trinajstić information content (AvgIpc) is 2.79. The SMILES string of the molecule is Cc1cc(N)nc(SCc2c(C)nn(Cc3ccccc3)c2Cl)n1. The first-order valence-electron chi connectivity index (χ1n) is 7.52. The zero-order chi connectivity index (χ0) is 17.1. The molecule has 2 N–H and O–H groups in total. The van der Waals surface area contributed by atoms with Crippen molar-refractivity contribution in [2.24, 2.45) is 0 Å².